The van der Waals surface area contributed by atoms with Crippen LogP contribution in [-0.2, 0) is 15.1 Å². The minimum Gasteiger partial charge on any atom is -0.354 e. The van der Waals surface area contributed by atoms with Gasteiger partial charge in [-0.1, -0.05) is 26.0 Å². The number of hydrogen-bond acceptors (Lipinski definition) is 3. The third-order valence-electron chi connectivity index (χ3n) is 3.71. The van der Waals surface area contributed by atoms with Crippen molar-refractivity contribution in [1.29, 1.82) is 0 Å². The number of imide groups is 1. The Kier molecular flexibility index (Phi) is 4.68. The van der Waals surface area contributed by atoms with Crippen LogP contribution in [0.2, 0.25) is 0 Å². The third-order valence-corrected chi connectivity index (χ3v) is 3.71. The van der Waals surface area contributed by atoms with Crippen LogP contribution in [0.15, 0.2) is 24.3 Å². The highest BCUT2D eigenvalue weighted by molar-refractivity contribution is 6.09. The molecule has 0 aliphatic carbocycles. The topological polar surface area (TPSA) is 78.5 Å². The Morgan fingerprint density at radius 3 is 2.48 bits per heavy atom. The van der Waals surface area contributed by atoms with E-state index in [4.69, 9.17) is 0 Å². The smallest absolute Gasteiger partial charge is 0.325 e. The van der Waals surface area contributed by atoms with E-state index in [1.54, 1.807) is 0 Å². The summed E-state index contributed by atoms with van der Waals surface area (Å²) in [5.41, 5.74) is -0.842. The largest absolute Gasteiger partial charge is 0.354 e. The SMILES string of the molecule is CC(C)CNC(=O)CN1C(=O)NC(C)(c2ccc(F)cc2)C1=O. The number of halogens is 1. The first-order valence-corrected chi connectivity index (χ1v) is 7.41. The van der Waals surface area contributed by atoms with Crippen molar-refractivity contribution >= 4 is 17.8 Å². The molecule has 1 heterocycles. The van der Waals surface area contributed by atoms with Crippen LogP contribution in [-0.4, -0.2) is 35.8 Å². The quantitative estimate of drug-likeness (QED) is 0.804. The Morgan fingerprint density at radius 1 is 1.30 bits per heavy atom. The second-order valence-corrected chi connectivity index (χ2v) is 6.15. The van der Waals surface area contributed by atoms with Crippen molar-refractivity contribution < 1.29 is 18.8 Å². The molecule has 1 atom stereocenters. The fourth-order valence-corrected chi connectivity index (χ4v) is 2.34. The van der Waals surface area contributed by atoms with Gasteiger partial charge in [0.05, 0.1) is 0 Å². The number of amides is 4. The summed E-state index contributed by atoms with van der Waals surface area (Å²) in [5, 5.41) is 5.23. The normalized spacial score (nSPS) is 20.8. The van der Waals surface area contributed by atoms with Gasteiger partial charge in [-0.2, -0.15) is 0 Å². The number of carbonyl (C=O) groups is 3. The number of carbonyl (C=O) groups excluding carboxylic acids is 3. The van der Waals surface area contributed by atoms with E-state index >= 15 is 0 Å². The monoisotopic (exact) mass is 321 g/mol. The number of rotatable bonds is 5. The van der Waals surface area contributed by atoms with Crippen molar-refractivity contribution in [2.24, 2.45) is 5.92 Å². The van der Waals surface area contributed by atoms with Crippen LogP contribution in [0.25, 0.3) is 0 Å². The Hall–Kier alpha value is -2.44. The molecule has 7 heteroatoms. The van der Waals surface area contributed by atoms with Crippen LogP contribution in [0.5, 0.6) is 0 Å². The van der Waals surface area contributed by atoms with E-state index in [1.165, 1.54) is 31.2 Å². The number of nitrogens with zero attached hydrogens (tertiary/aromatic N) is 1. The second kappa shape index (κ2) is 6.36. The molecule has 0 aromatic heterocycles. The molecule has 1 fully saturated rings. The summed E-state index contributed by atoms with van der Waals surface area (Å²) in [4.78, 5) is 37.3. The molecule has 1 aliphatic heterocycles. The highest BCUT2D eigenvalue weighted by atomic mass is 19.1. The van der Waals surface area contributed by atoms with Gasteiger partial charge in [0, 0.05) is 6.54 Å². The summed E-state index contributed by atoms with van der Waals surface area (Å²) in [6, 6.07) is 4.68. The first kappa shape index (κ1) is 16.9. The molecule has 1 aliphatic rings. The maximum atomic E-state index is 13.0. The zero-order valence-electron chi connectivity index (χ0n) is 13.4. The molecule has 0 bridgehead atoms. The molecule has 4 amide bonds. The maximum Gasteiger partial charge on any atom is 0.325 e. The zero-order chi connectivity index (χ0) is 17.2. The molecular formula is C16H20FN3O3. The van der Waals surface area contributed by atoms with E-state index in [1.807, 2.05) is 13.8 Å². The van der Waals surface area contributed by atoms with Gasteiger partial charge in [0.15, 0.2) is 0 Å². The van der Waals surface area contributed by atoms with Gasteiger partial charge in [-0.15, -0.1) is 0 Å². The molecule has 1 unspecified atom stereocenters. The molecule has 0 radical (unpaired) electrons. The van der Waals surface area contributed by atoms with E-state index in [9.17, 15) is 18.8 Å². The lowest BCUT2D eigenvalue weighted by atomic mass is 9.92. The van der Waals surface area contributed by atoms with Crippen LogP contribution in [0, 0.1) is 11.7 Å². The fraction of sp³-hybridized carbons (Fsp3) is 0.438. The molecule has 1 aromatic carbocycles. The molecule has 1 aromatic rings. The van der Waals surface area contributed by atoms with Crippen molar-refractivity contribution in [2.75, 3.05) is 13.1 Å². The van der Waals surface area contributed by atoms with Crippen molar-refractivity contribution in [3.63, 3.8) is 0 Å². The van der Waals surface area contributed by atoms with Crippen molar-refractivity contribution in [2.45, 2.75) is 26.3 Å². The number of benzene rings is 1. The lowest BCUT2D eigenvalue weighted by molar-refractivity contribution is -0.134. The Bertz CT molecular complexity index is 630. The number of hydrogen-bond donors (Lipinski definition) is 2. The summed E-state index contributed by atoms with van der Waals surface area (Å²) in [5.74, 6) is -1.09. The van der Waals surface area contributed by atoms with Gasteiger partial charge in [0.25, 0.3) is 5.91 Å². The molecule has 0 saturated carbocycles. The highest BCUT2D eigenvalue weighted by Gasteiger charge is 2.49. The Balaban J connectivity index is 2.13. The number of urea groups is 1. The molecule has 0 spiro atoms. The predicted octanol–water partition coefficient (Wildman–Crippen LogP) is 1.36. The van der Waals surface area contributed by atoms with Crippen LogP contribution < -0.4 is 10.6 Å². The van der Waals surface area contributed by atoms with Gasteiger partial charge >= 0.3 is 6.03 Å². The van der Waals surface area contributed by atoms with E-state index in [2.05, 4.69) is 10.6 Å². The van der Waals surface area contributed by atoms with Gasteiger partial charge in [0.1, 0.15) is 17.9 Å². The summed E-state index contributed by atoms with van der Waals surface area (Å²) in [6.45, 7) is 5.55. The lowest BCUT2D eigenvalue weighted by Gasteiger charge is -2.22. The first-order chi connectivity index (χ1) is 10.7. The summed E-state index contributed by atoms with van der Waals surface area (Å²) in [7, 11) is 0. The summed E-state index contributed by atoms with van der Waals surface area (Å²) in [6.07, 6.45) is 0. The summed E-state index contributed by atoms with van der Waals surface area (Å²) < 4.78 is 13.0. The summed E-state index contributed by atoms with van der Waals surface area (Å²) >= 11 is 0. The van der Waals surface area contributed by atoms with E-state index < -0.39 is 29.2 Å². The molecule has 2 N–H and O–H groups in total. The van der Waals surface area contributed by atoms with Gasteiger partial charge < -0.3 is 10.6 Å². The van der Waals surface area contributed by atoms with Gasteiger partial charge in [0.2, 0.25) is 5.91 Å². The van der Waals surface area contributed by atoms with Gasteiger partial charge in [-0.05, 0) is 30.5 Å². The Labute approximate surface area is 134 Å². The maximum absolute atomic E-state index is 13.0. The minimum absolute atomic E-state index is 0.270. The van der Waals surface area contributed by atoms with Crippen molar-refractivity contribution in [3.05, 3.63) is 35.6 Å². The van der Waals surface area contributed by atoms with Crippen LogP contribution >= 0.6 is 0 Å². The van der Waals surface area contributed by atoms with E-state index in [0.29, 0.717) is 12.1 Å². The highest BCUT2D eigenvalue weighted by Crippen LogP contribution is 2.28. The minimum atomic E-state index is -1.30. The second-order valence-electron chi connectivity index (χ2n) is 6.15. The molecule has 23 heavy (non-hydrogen) atoms. The molecule has 2 rings (SSSR count). The van der Waals surface area contributed by atoms with Gasteiger partial charge in [-0.3, -0.25) is 14.5 Å². The van der Waals surface area contributed by atoms with Crippen LogP contribution in [0.4, 0.5) is 9.18 Å². The van der Waals surface area contributed by atoms with Crippen molar-refractivity contribution in [3.8, 4) is 0 Å². The molecular weight excluding hydrogens is 301 g/mol. The van der Waals surface area contributed by atoms with Gasteiger partial charge in [-0.25, -0.2) is 9.18 Å². The Morgan fingerprint density at radius 2 is 1.91 bits per heavy atom. The van der Waals surface area contributed by atoms with Crippen molar-refractivity contribution in [1.82, 2.24) is 15.5 Å². The standard InChI is InChI=1S/C16H20FN3O3/c1-10(2)8-18-13(21)9-20-14(22)16(3,19-15(20)23)11-4-6-12(17)7-5-11/h4-7,10H,8-9H2,1-3H3,(H,18,21)(H,19,23). The molecule has 1 saturated heterocycles. The number of nitrogens with one attached hydrogen (secondary N) is 2. The first-order valence-electron chi connectivity index (χ1n) is 7.41. The molecule has 6 nitrogen and oxygen atoms in total. The van der Waals surface area contributed by atoms with Crippen LogP contribution in [0.3, 0.4) is 0 Å². The van der Waals surface area contributed by atoms with Crippen LogP contribution in [0.1, 0.15) is 26.3 Å². The average Bonchev–Trinajstić information content (AvgIpc) is 2.70. The zero-order valence-corrected chi connectivity index (χ0v) is 13.4. The van der Waals surface area contributed by atoms with E-state index in [0.717, 1.165) is 4.90 Å². The average molecular weight is 321 g/mol. The van der Waals surface area contributed by atoms with E-state index in [-0.39, 0.29) is 12.5 Å². The molecule has 124 valence electrons. The third kappa shape index (κ3) is 3.49. The predicted molar refractivity (Wildman–Crippen MR) is 81.8 cm³/mol. The lowest BCUT2D eigenvalue weighted by Crippen LogP contribution is -2.43. The fourth-order valence-electron chi connectivity index (χ4n) is 2.34.